The maximum absolute atomic E-state index is 15.2. The van der Waals surface area contributed by atoms with Crippen LogP contribution in [0.1, 0.15) is 35.6 Å². The molecular weight excluding hydrogens is 467 g/mol. The van der Waals surface area contributed by atoms with Gasteiger partial charge in [0.2, 0.25) is 0 Å². The first-order valence-corrected chi connectivity index (χ1v) is 11.5. The van der Waals surface area contributed by atoms with E-state index in [0.29, 0.717) is 16.3 Å². The van der Waals surface area contributed by atoms with E-state index in [4.69, 9.17) is 0 Å². The van der Waals surface area contributed by atoms with Crippen LogP contribution < -0.4 is 0 Å². The van der Waals surface area contributed by atoms with Gasteiger partial charge in [0.05, 0.1) is 6.42 Å². The Morgan fingerprint density at radius 1 is 0.806 bits per heavy atom. The molecule has 4 rings (SSSR count). The zero-order chi connectivity index (χ0) is 25.7. The normalized spacial score (nSPS) is 11.6. The maximum atomic E-state index is 15.2. The molecule has 0 amide bonds. The van der Waals surface area contributed by atoms with Gasteiger partial charge in [-0.2, -0.15) is 13.2 Å². The van der Waals surface area contributed by atoms with Gasteiger partial charge in [-0.05, 0) is 72.2 Å². The van der Waals surface area contributed by atoms with E-state index in [1.165, 1.54) is 17.7 Å². The summed E-state index contributed by atoms with van der Waals surface area (Å²) in [5.74, 6) is 4.64. The van der Waals surface area contributed by atoms with Gasteiger partial charge in [0, 0.05) is 22.1 Å². The molecule has 0 aromatic heterocycles. The molecule has 4 aromatic carbocycles. The van der Waals surface area contributed by atoms with Gasteiger partial charge in [-0.1, -0.05) is 66.5 Å². The summed E-state index contributed by atoms with van der Waals surface area (Å²) in [7, 11) is 0. The van der Waals surface area contributed by atoms with Crippen LogP contribution in [0.4, 0.5) is 22.0 Å². The van der Waals surface area contributed by atoms with Crippen LogP contribution in [0.5, 0.6) is 0 Å². The summed E-state index contributed by atoms with van der Waals surface area (Å²) in [5.41, 5.74) is 2.66. The summed E-state index contributed by atoms with van der Waals surface area (Å²) in [6.45, 7) is 2.00. The van der Waals surface area contributed by atoms with Crippen LogP contribution >= 0.6 is 0 Å². The second kappa shape index (κ2) is 10.8. The van der Waals surface area contributed by atoms with Gasteiger partial charge in [0.15, 0.2) is 0 Å². The topological polar surface area (TPSA) is 0 Å². The highest BCUT2D eigenvalue weighted by atomic mass is 19.4. The summed E-state index contributed by atoms with van der Waals surface area (Å²) in [4.78, 5) is 0. The molecule has 0 unspecified atom stereocenters. The van der Waals surface area contributed by atoms with Gasteiger partial charge in [0.25, 0.3) is 0 Å². The van der Waals surface area contributed by atoms with Gasteiger partial charge in [-0.25, -0.2) is 8.78 Å². The van der Waals surface area contributed by atoms with Gasteiger partial charge in [0.1, 0.15) is 11.6 Å². The quantitative estimate of drug-likeness (QED) is 0.149. The zero-order valence-electron chi connectivity index (χ0n) is 19.6. The molecule has 0 spiro atoms. The van der Waals surface area contributed by atoms with Crippen molar-refractivity contribution in [3.8, 4) is 23.0 Å². The number of hydrogen-bond donors (Lipinski definition) is 0. The predicted molar refractivity (Wildman–Crippen MR) is 135 cm³/mol. The largest absolute Gasteiger partial charge is 0.393 e. The number of fused-ring (bicyclic) bond motifs is 1. The van der Waals surface area contributed by atoms with E-state index >= 15 is 4.39 Å². The summed E-state index contributed by atoms with van der Waals surface area (Å²) in [5, 5.41) is 0.944. The Hall–Kier alpha value is -3.91. The SMILES string of the molecule is C/C=C/CCc1ccc(C#Cc2ccc3c(F)c(-c4ccc(CC(F)(F)F)c(F)c4)ccc3c2)cc1. The van der Waals surface area contributed by atoms with E-state index in [-0.39, 0.29) is 11.1 Å². The van der Waals surface area contributed by atoms with Crippen LogP contribution in [0.15, 0.2) is 84.9 Å². The predicted octanol–water partition coefficient (Wildman–Crippen LogP) is 8.80. The third kappa shape index (κ3) is 6.20. The molecule has 0 N–H and O–H groups in total. The standard InChI is InChI=1S/C31H23F5/c1-2-3-4-5-21-6-8-22(9-7-21)10-11-23-12-16-27-24(18-23)15-17-28(30(27)33)25-13-14-26(29(32)19-25)20-31(34,35)36/h2-3,6-9,12-19H,4-5,20H2,1H3/b3-2+. The van der Waals surface area contributed by atoms with Crippen LogP contribution in [0.25, 0.3) is 21.9 Å². The summed E-state index contributed by atoms with van der Waals surface area (Å²) >= 11 is 0. The average molecular weight is 491 g/mol. The van der Waals surface area contributed by atoms with Crippen LogP contribution in [0.2, 0.25) is 0 Å². The Balaban J connectivity index is 1.56. The molecule has 0 bridgehead atoms. The first-order chi connectivity index (χ1) is 17.2. The van der Waals surface area contributed by atoms with Crippen molar-refractivity contribution in [3.63, 3.8) is 0 Å². The highest BCUT2D eigenvalue weighted by Gasteiger charge is 2.29. The summed E-state index contributed by atoms with van der Waals surface area (Å²) in [6.07, 6.45) is 0.243. The van der Waals surface area contributed by atoms with E-state index in [0.717, 1.165) is 30.5 Å². The number of benzene rings is 4. The monoisotopic (exact) mass is 490 g/mol. The molecule has 36 heavy (non-hydrogen) atoms. The molecule has 0 radical (unpaired) electrons. The molecule has 182 valence electrons. The fraction of sp³-hybridized carbons (Fsp3) is 0.161. The third-order valence-corrected chi connectivity index (χ3v) is 5.85. The highest BCUT2D eigenvalue weighted by molar-refractivity contribution is 5.89. The Kier molecular flexibility index (Phi) is 7.55. The Morgan fingerprint density at radius 2 is 1.53 bits per heavy atom. The lowest BCUT2D eigenvalue weighted by molar-refractivity contribution is -0.127. The molecule has 5 heteroatoms. The molecule has 0 aliphatic rings. The number of allylic oxidation sites excluding steroid dienone is 2. The Labute approximate surface area is 207 Å². The van der Waals surface area contributed by atoms with Crippen molar-refractivity contribution in [1.82, 2.24) is 0 Å². The lowest BCUT2D eigenvalue weighted by atomic mass is 9.97. The van der Waals surface area contributed by atoms with Crippen LogP contribution in [0, 0.1) is 23.5 Å². The number of rotatable bonds is 5. The summed E-state index contributed by atoms with van der Waals surface area (Å²) in [6, 6.07) is 19.7. The van der Waals surface area contributed by atoms with Gasteiger partial charge in [-0.15, -0.1) is 0 Å². The van der Waals surface area contributed by atoms with Crippen LogP contribution in [-0.4, -0.2) is 6.18 Å². The first kappa shape index (κ1) is 25.2. The number of halogens is 5. The van der Waals surface area contributed by atoms with E-state index < -0.39 is 29.8 Å². The second-order valence-corrected chi connectivity index (χ2v) is 8.52. The lowest BCUT2D eigenvalue weighted by Gasteiger charge is -2.11. The van der Waals surface area contributed by atoms with Crippen LogP contribution in [0.3, 0.4) is 0 Å². The van der Waals surface area contributed by atoms with E-state index in [9.17, 15) is 17.6 Å². The average Bonchev–Trinajstić information content (AvgIpc) is 2.84. The van der Waals surface area contributed by atoms with E-state index in [1.54, 1.807) is 24.3 Å². The van der Waals surface area contributed by atoms with Crippen molar-refractivity contribution in [2.75, 3.05) is 0 Å². The van der Waals surface area contributed by atoms with Crippen molar-refractivity contribution in [3.05, 3.63) is 119 Å². The molecular formula is C31H23F5. The second-order valence-electron chi connectivity index (χ2n) is 8.52. The maximum Gasteiger partial charge on any atom is 0.393 e. The molecule has 0 fully saturated rings. The zero-order valence-corrected chi connectivity index (χ0v) is 19.6. The van der Waals surface area contributed by atoms with E-state index in [1.807, 2.05) is 25.1 Å². The van der Waals surface area contributed by atoms with Crippen molar-refractivity contribution >= 4 is 10.8 Å². The molecule has 0 atom stereocenters. The van der Waals surface area contributed by atoms with Crippen molar-refractivity contribution < 1.29 is 22.0 Å². The minimum Gasteiger partial charge on any atom is -0.207 e. The smallest absolute Gasteiger partial charge is 0.207 e. The molecule has 0 saturated carbocycles. The molecule has 4 aromatic rings. The summed E-state index contributed by atoms with van der Waals surface area (Å²) < 4.78 is 67.3. The fourth-order valence-electron chi connectivity index (χ4n) is 3.98. The lowest BCUT2D eigenvalue weighted by Crippen LogP contribution is -2.12. The first-order valence-electron chi connectivity index (χ1n) is 11.5. The van der Waals surface area contributed by atoms with Crippen molar-refractivity contribution in [1.29, 1.82) is 0 Å². The number of alkyl halides is 3. The molecule has 0 aliphatic carbocycles. The minimum absolute atomic E-state index is 0.119. The van der Waals surface area contributed by atoms with Gasteiger partial charge >= 0.3 is 6.18 Å². The number of aryl methyl sites for hydroxylation is 1. The minimum atomic E-state index is -4.52. The Morgan fingerprint density at radius 3 is 2.22 bits per heavy atom. The molecule has 0 saturated heterocycles. The van der Waals surface area contributed by atoms with Gasteiger partial charge < -0.3 is 0 Å². The van der Waals surface area contributed by atoms with Gasteiger partial charge in [-0.3, -0.25) is 0 Å². The Bertz CT molecular complexity index is 1470. The third-order valence-electron chi connectivity index (χ3n) is 5.85. The highest BCUT2D eigenvalue weighted by Crippen LogP contribution is 2.32. The van der Waals surface area contributed by atoms with Crippen LogP contribution in [-0.2, 0) is 12.8 Å². The van der Waals surface area contributed by atoms with E-state index in [2.05, 4.69) is 30.0 Å². The molecule has 0 heterocycles. The van der Waals surface area contributed by atoms with Crippen molar-refractivity contribution in [2.45, 2.75) is 32.4 Å². The van der Waals surface area contributed by atoms with Crippen molar-refractivity contribution in [2.24, 2.45) is 0 Å². The number of hydrogen-bond acceptors (Lipinski definition) is 0. The molecule has 0 nitrogen and oxygen atoms in total. The molecule has 0 aliphatic heterocycles. The fourth-order valence-corrected chi connectivity index (χ4v) is 3.98.